The zero-order chi connectivity index (χ0) is 13.9. The Morgan fingerprint density at radius 2 is 1.65 bits per heavy atom. The second-order valence-corrected chi connectivity index (χ2v) is 7.72. The molecule has 0 unspecified atom stereocenters. The van der Waals surface area contributed by atoms with Crippen molar-refractivity contribution < 1.29 is 21.6 Å². The molecule has 0 spiro atoms. The summed E-state index contributed by atoms with van der Waals surface area (Å²) < 4.78 is 60.9. The van der Waals surface area contributed by atoms with Crippen LogP contribution in [0.3, 0.4) is 0 Å². The van der Waals surface area contributed by atoms with Gasteiger partial charge in [-0.3, -0.25) is 0 Å². The highest BCUT2D eigenvalue weighted by Gasteiger charge is 2.37. The van der Waals surface area contributed by atoms with E-state index in [1.165, 1.54) is 0 Å². The van der Waals surface area contributed by atoms with E-state index in [-0.39, 0.29) is 17.6 Å². The smallest absolute Gasteiger partial charge is 0.212 e. The molecule has 0 bridgehead atoms. The molecule has 0 radical (unpaired) electrons. The third-order valence-electron chi connectivity index (χ3n) is 1.70. The highest BCUT2D eigenvalue weighted by molar-refractivity contribution is 9.09. The summed E-state index contributed by atoms with van der Waals surface area (Å²) in [4.78, 5) is 0. The molecule has 3 nitrogen and oxygen atoms in total. The van der Waals surface area contributed by atoms with Crippen LogP contribution in [0, 0.1) is 5.41 Å². The van der Waals surface area contributed by atoms with Crippen LogP contribution in [0.25, 0.3) is 0 Å². The molecule has 0 heterocycles. The van der Waals surface area contributed by atoms with Crippen LogP contribution < -0.4 is 0 Å². The molecule has 0 saturated heterocycles. The number of hydrogen-bond donors (Lipinski definition) is 0. The molecule has 17 heavy (non-hydrogen) atoms. The summed E-state index contributed by atoms with van der Waals surface area (Å²) in [7, 11) is -3.89. The van der Waals surface area contributed by atoms with Crippen LogP contribution in [0.4, 0.5) is 13.2 Å². The van der Waals surface area contributed by atoms with Gasteiger partial charge in [-0.2, -0.15) is 17.5 Å². The zero-order valence-electron chi connectivity index (χ0n) is 10.0. The van der Waals surface area contributed by atoms with Crippen molar-refractivity contribution in [1.82, 2.24) is 4.31 Å². The van der Waals surface area contributed by atoms with Gasteiger partial charge in [0.25, 0.3) is 0 Å². The first-order valence-corrected chi connectivity index (χ1v) is 7.71. The first-order chi connectivity index (χ1) is 7.37. The predicted molar refractivity (Wildman–Crippen MR) is 64.7 cm³/mol. The van der Waals surface area contributed by atoms with Gasteiger partial charge in [0.1, 0.15) is 6.54 Å². The van der Waals surface area contributed by atoms with E-state index < -0.39 is 28.2 Å². The second kappa shape index (κ2) is 5.88. The molecule has 0 amide bonds. The molecule has 0 aliphatic carbocycles. The van der Waals surface area contributed by atoms with E-state index in [4.69, 9.17) is 0 Å². The molecule has 0 aromatic carbocycles. The maximum atomic E-state index is 12.3. The summed E-state index contributed by atoms with van der Waals surface area (Å²) in [5.41, 5.74) is -0.574. The Kier molecular flexibility index (Phi) is 5.94. The summed E-state index contributed by atoms with van der Waals surface area (Å²) in [5, 5.41) is 0.173. The minimum absolute atomic E-state index is 0.173. The Balaban J connectivity index is 4.93. The molecule has 0 aliphatic heterocycles. The summed E-state index contributed by atoms with van der Waals surface area (Å²) in [6.45, 7) is 3.40. The lowest BCUT2D eigenvalue weighted by Gasteiger charge is -2.26. The van der Waals surface area contributed by atoms with E-state index in [2.05, 4.69) is 15.9 Å². The minimum atomic E-state index is -4.52. The molecule has 0 N–H and O–H groups in total. The fourth-order valence-corrected chi connectivity index (χ4v) is 3.90. The maximum absolute atomic E-state index is 12.3. The number of hydrogen-bond acceptors (Lipinski definition) is 2. The largest absolute Gasteiger partial charge is 0.402 e. The van der Waals surface area contributed by atoms with Gasteiger partial charge in [-0.25, -0.2) is 8.42 Å². The molecule has 0 fully saturated rings. The van der Waals surface area contributed by atoms with Gasteiger partial charge in [0.15, 0.2) is 0 Å². The Labute approximate surface area is 109 Å². The average Bonchev–Trinajstić information content (AvgIpc) is 1.95. The molecule has 0 aromatic rings. The van der Waals surface area contributed by atoms with Gasteiger partial charge >= 0.3 is 6.18 Å². The van der Waals surface area contributed by atoms with Crippen molar-refractivity contribution in [2.75, 3.05) is 24.2 Å². The van der Waals surface area contributed by atoms with Crippen LogP contribution in [0.1, 0.15) is 20.8 Å². The van der Waals surface area contributed by atoms with E-state index in [0.717, 1.165) is 0 Å². The standard InChI is InChI=1S/C9H17BrF3NO2S/c1-8(2,3)7-17(15,16)14(5-4-10)6-9(11,12)13/h4-7H2,1-3H3. The summed E-state index contributed by atoms with van der Waals surface area (Å²) in [6, 6.07) is 0. The molecular weight excluding hydrogens is 323 g/mol. The molecule has 8 heteroatoms. The van der Waals surface area contributed by atoms with Gasteiger partial charge in [0, 0.05) is 11.9 Å². The highest BCUT2D eigenvalue weighted by Crippen LogP contribution is 2.23. The molecule has 0 aliphatic rings. The first-order valence-electron chi connectivity index (χ1n) is 4.98. The molecule has 0 saturated carbocycles. The molecule has 104 valence electrons. The SMILES string of the molecule is CC(C)(C)CS(=O)(=O)N(CCBr)CC(F)(F)F. The van der Waals surface area contributed by atoms with Crippen LogP contribution in [0.2, 0.25) is 0 Å². The van der Waals surface area contributed by atoms with Crippen LogP contribution in [-0.4, -0.2) is 43.1 Å². The summed E-state index contributed by atoms with van der Waals surface area (Å²) in [5.74, 6) is -0.303. The lowest BCUT2D eigenvalue weighted by atomic mass is 10.0. The van der Waals surface area contributed by atoms with Crippen molar-refractivity contribution in [2.45, 2.75) is 26.9 Å². The number of sulfonamides is 1. The van der Waals surface area contributed by atoms with Crippen LogP contribution in [0.15, 0.2) is 0 Å². The van der Waals surface area contributed by atoms with E-state index >= 15 is 0 Å². The number of rotatable bonds is 5. The lowest BCUT2D eigenvalue weighted by molar-refractivity contribution is -0.135. The van der Waals surface area contributed by atoms with Gasteiger partial charge in [-0.1, -0.05) is 36.7 Å². The van der Waals surface area contributed by atoms with Gasteiger partial charge < -0.3 is 0 Å². The Morgan fingerprint density at radius 3 is 1.94 bits per heavy atom. The molecular formula is C9H17BrF3NO2S. The normalized spacial score (nSPS) is 14.4. The van der Waals surface area contributed by atoms with Crippen molar-refractivity contribution in [3.8, 4) is 0 Å². The molecule has 0 atom stereocenters. The Morgan fingerprint density at radius 1 is 1.18 bits per heavy atom. The van der Waals surface area contributed by atoms with E-state index in [9.17, 15) is 21.6 Å². The van der Waals surface area contributed by atoms with E-state index in [0.29, 0.717) is 4.31 Å². The Hall–Kier alpha value is 0.180. The zero-order valence-corrected chi connectivity index (χ0v) is 12.4. The highest BCUT2D eigenvalue weighted by atomic mass is 79.9. The lowest BCUT2D eigenvalue weighted by Crippen LogP contribution is -2.43. The quantitative estimate of drug-likeness (QED) is 0.722. The van der Waals surface area contributed by atoms with Crippen LogP contribution in [0.5, 0.6) is 0 Å². The van der Waals surface area contributed by atoms with Crippen molar-refractivity contribution >= 4 is 26.0 Å². The van der Waals surface area contributed by atoms with Crippen molar-refractivity contribution in [3.63, 3.8) is 0 Å². The van der Waals surface area contributed by atoms with Crippen molar-refractivity contribution in [2.24, 2.45) is 5.41 Å². The van der Waals surface area contributed by atoms with Gasteiger partial charge in [0.2, 0.25) is 10.0 Å². The topological polar surface area (TPSA) is 37.4 Å². The van der Waals surface area contributed by atoms with Gasteiger partial charge in [-0.15, -0.1) is 0 Å². The summed E-state index contributed by atoms with van der Waals surface area (Å²) in [6.07, 6.45) is -4.52. The average molecular weight is 340 g/mol. The van der Waals surface area contributed by atoms with E-state index in [1.54, 1.807) is 20.8 Å². The molecule has 0 aromatic heterocycles. The first kappa shape index (κ1) is 17.2. The van der Waals surface area contributed by atoms with Gasteiger partial charge in [-0.05, 0) is 5.41 Å². The van der Waals surface area contributed by atoms with Crippen LogP contribution >= 0.6 is 15.9 Å². The number of nitrogens with zero attached hydrogens (tertiary/aromatic N) is 1. The maximum Gasteiger partial charge on any atom is 0.402 e. The minimum Gasteiger partial charge on any atom is -0.212 e. The number of alkyl halides is 4. The monoisotopic (exact) mass is 339 g/mol. The number of halogens is 4. The third kappa shape index (κ3) is 7.99. The second-order valence-electron chi connectivity index (χ2n) is 4.95. The van der Waals surface area contributed by atoms with E-state index in [1.807, 2.05) is 0 Å². The van der Waals surface area contributed by atoms with Gasteiger partial charge in [0.05, 0.1) is 5.75 Å². The fraction of sp³-hybridized carbons (Fsp3) is 1.00. The van der Waals surface area contributed by atoms with Crippen LogP contribution in [-0.2, 0) is 10.0 Å². The van der Waals surface area contributed by atoms with Crippen molar-refractivity contribution in [3.05, 3.63) is 0 Å². The predicted octanol–water partition coefficient (Wildman–Crippen LogP) is 2.62. The third-order valence-corrected chi connectivity index (χ3v) is 4.38. The summed E-state index contributed by atoms with van der Waals surface area (Å²) >= 11 is 2.96. The molecule has 0 rings (SSSR count). The fourth-order valence-electron chi connectivity index (χ4n) is 1.25. The Bertz CT molecular complexity index is 335. The van der Waals surface area contributed by atoms with Crippen molar-refractivity contribution in [1.29, 1.82) is 0 Å².